The summed E-state index contributed by atoms with van der Waals surface area (Å²) in [7, 11) is 1.68. The lowest BCUT2D eigenvalue weighted by atomic mass is 9.92. The smallest absolute Gasteiger partial charge is 0.410 e. The van der Waals surface area contributed by atoms with Crippen molar-refractivity contribution in [1.29, 1.82) is 0 Å². The highest BCUT2D eigenvalue weighted by Gasteiger charge is 2.36. The van der Waals surface area contributed by atoms with Gasteiger partial charge in [-0.1, -0.05) is 47.5 Å². The molecule has 40 heavy (non-hydrogen) atoms. The first kappa shape index (κ1) is 30.6. The van der Waals surface area contributed by atoms with Gasteiger partial charge in [0.25, 0.3) is 0 Å². The maximum Gasteiger partial charge on any atom is 0.410 e. The Hall–Kier alpha value is -2.32. The lowest BCUT2D eigenvalue weighted by Gasteiger charge is -2.45. The molecule has 218 valence electrons. The Bertz CT molecular complexity index is 1080. The second-order valence-electron chi connectivity index (χ2n) is 11.8. The molecule has 0 radical (unpaired) electrons. The molecule has 0 saturated carbocycles. The number of methoxy groups -OCH3 is 1. The zero-order valence-corrected chi connectivity index (χ0v) is 25.5. The molecule has 2 aliphatic rings. The van der Waals surface area contributed by atoms with E-state index in [2.05, 4.69) is 29.2 Å². The van der Waals surface area contributed by atoms with Crippen LogP contribution in [0.5, 0.6) is 0 Å². The van der Waals surface area contributed by atoms with Gasteiger partial charge >= 0.3 is 6.09 Å². The summed E-state index contributed by atoms with van der Waals surface area (Å²) in [5.41, 5.74) is 1.77. The normalized spacial score (nSPS) is 19.2. The summed E-state index contributed by atoms with van der Waals surface area (Å²) in [5, 5.41) is 1.39. The lowest BCUT2D eigenvalue weighted by molar-refractivity contribution is -0.139. The van der Waals surface area contributed by atoms with Crippen LogP contribution in [0, 0.1) is 5.92 Å². The minimum Gasteiger partial charge on any atom is -0.444 e. The summed E-state index contributed by atoms with van der Waals surface area (Å²) in [6, 6.07) is 15.9. The van der Waals surface area contributed by atoms with Crippen LogP contribution in [0.1, 0.15) is 57.2 Å². The summed E-state index contributed by atoms with van der Waals surface area (Å²) >= 11 is 12.4. The van der Waals surface area contributed by atoms with Crippen LogP contribution in [0.2, 0.25) is 10.0 Å². The average Bonchev–Trinajstić information content (AvgIpc) is 2.91. The molecule has 0 aliphatic carbocycles. The molecular weight excluding hydrogens is 549 g/mol. The number of piperazine rings is 1. The molecule has 0 aromatic heterocycles. The molecular formula is C31H41Cl2N3O4. The number of halogens is 2. The van der Waals surface area contributed by atoms with E-state index in [0.717, 1.165) is 30.5 Å². The van der Waals surface area contributed by atoms with Crippen LogP contribution < -0.4 is 0 Å². The molecule has 4 rings (SSSR count). The fourth-order valence-electron chi connectivity index (χ4n) is 5.69. The van der Waals surface area contributed by atoms with Crippen LogP contribution in [0.25, 0.3) is 0 Å². The quantitative estimate of drug-likeness (QED) is 0.380. The lowest BCUT2D eigenvalue weighted by Crippen LogP contribution is -2.57. The van der Waals surface area contributed by atoms with E-state index in [1.54, 1.807) is 12.0 Å². The third-order valence-corrected chi connectivity index (χ3v) is 8.16. The number of likely N-dealkylation sites (tertiary alicyclic amines) is 1. The van der Waals surface area contributed by atoms with Gasteiger partial charge in [0.2, 0.25) is 5.91 Å². The van der Waals surface area contributed by atoms with E-state index in [4.69, 9.17) is 32.7 Å². The molecule has 2 aliphatic heterocycles. The summed E-state index contributed by atoms with van der Waals surface area (Å²) in [6.45, 7) is 9.37. The van der Waals surface area contributed by atoms with Crippen LogP contribution in [-0.4, -0.2) is 84.8 Å². The second kappa shape index (κ2) is 13.6. The molecule has 0 spiro atoms. The van der Waals surface area contributed by atoms with Gasteiger partial charge in [-0.05, 0) is 74.9 Å². The van der Waals surface area contributed by atoms with E-state index in [1.807, 2.05) is 49.9 Å². The van der Waals surface area contributed by atoms with Gasteiger partial charge in [-0.25, -0.2) is 4.79 Å². The Morgan fingerprint density at radius 1 is 0.900 bits per heavy atom. The number of nitrogens with zero attached hydrogens (tertiary/aromatic N) is 3. The number of hydrogen-bond acceptors (Lipinski definition) is 5. The van der Waals surface area contributed by atoms with E-state index in [1.165, 1.54) is 0 Å². The Kier molecular flexibility index (Phi) is 10.4. The van der Waals surface area contributed by atoms with Crippen LogP contribution >= 0.6 is 23.2 Å². The molecule has 7 nitrogen and oxygen atoms in total. The summed E-state index contributed by atoms with van der Waals surface area (Å²) < 4.78 is 11.1. The van der Waals surface area contributed by atoms with E-state index < -0.39 is 5.60 Å². The number of carbonyl (C=O) groups is 2. The second-order valence-corrected chi connectivity index (χ2v) is 12.7. The van der Waals surface area contributed by atoms with Crippen molar-refractivity contribution in [1.82, 2.24) is 14.7 Å². The number of ether oxygens (including phenoxy) is 2. The van der Waals surface area contributed by atoms with Gasteiger partial charge in [0.1, 0.15) is 5.60 Å². The highest BCUT2D eigenvalue weighted by molar-refractivity contribution is 6.30. The molecule has 0 bridgehead atoms. The molecule has 2 saturated heterocycles. The molecule has 0 N–H and O–H groups in total. The van der Waals surface area contributed by atoms with Gasteiger partial charge in [-0.3, -0.25) is 9.69 Å². The van der Waals surface area contributed by atoms with Crippen molar-refractivity contribution >= 4 is 35.2 Å². The summed E-state index contributed by atoms with van der Waals surface area (Å²) in [6.07, 6.45) is 1.81. The van der Waals surface area contributed by atoms with Crippen LogP contribution in [0.15, 0.2) is 48.5 Å². The van der Waals surface area contributed by atoms with Crippen molar-refractivity contribution < 1.29 is 19.1 Å². The predicted octanol–water partition coefficient (Wildman–Crippen LogP) is 6.28. The van der Waals surface area contributed by atoms with E-state index in [-0.39, 0.29) is 30.0 Å². The van der Waals surface area contributed by atoms with Gasteiger partial charge in [0, 0.05) is 56.3 Å². The fourth-order valence-corrected chi connectivity index (χ4v) is 5.94. The third kappa shape index (κ3) is 8.12. The van der Waals surface area contributed by atoms with E-state index >= 15 is 0 Å². The maximum atomic E-state index is 13.6. The molecule has 0 unspecified atom stereocenters. The van der Waals surface area contributed by atoms with E-state index in [0.29, 0.717) is 49.3 Å². The molecule has 2 heterocycles. The highest BCUT2D eigenvalue weighted by Crippen LogP contribution is 2.33. The first-order valence-electron chi connectivity index (χ1n) is 14.1. The SMILES string of the molecule is COC[C@H]1CN(C(c2ccc(Cl)cc2)c2ccc(Cl)cc2)CCN1C(=O)CC1CCN(C(=O)OC(C)(C)C)CC1. The highest BCUT2D eigenvalue weighted by atomic mass is 35.5. The number of rotatable bonds is 7. The van der Waals surface area contributed by atoms with Gasteiger partial charge in [0.15, 0.2) is 0 Å². The Morgan fingerprint density at radius 2 is 1.45 bits per heavy atom. The van der Waals surface area contributed by atoms with Gasteiger partial charge in [-0.2, -0.15) is 0 Å². The van der Waals surface area contributed by atoms with E-state index in [9.17, 15) is 9.59 Å². The third-order valence-electron chi connectivity index (χ3n) is 7.66. The standard InChI is InChI=1S/C31H41Cl2N3O4/c1-31(2,3)40-30(38)34-15-13-22(14-16-34)19-28(37)36-18-17-35(20-27(36)21-39-4)29(23-5-9-25(32)10-6-23)24-7-11-26(33)12-8-24/h5-12,22,27,29H,13-21H2,1-4H3/t27-/m1/s1. The van der Waals surface area contributed by atoms with Gasteiger partial charge in [0.05, 0.1) is 18.7 Å². The van der Waals surface area contributed by atoms with Crippen LogP contribution in [0.3, 0.4) is 0 Å². The minimum absolute atomic E-state index is 0.00308. The average molecular weight is 591 g/mol. The van der Waals surface area contributed by atoms with Crippen molar-refractivity contribution in [2.75, 3.05) is 46.4 Å². The summed E-state index contributed by atoms with van der Waals surface area (Å²) in [5.74, 6) is 0.412. The van der Waals surface area contributed by atoms with Crippen molar-refractivity contribution in [3.63, 3.8) is 0 Å². The Morgan fingerprint density at radius 3 is 1.95 bits per heavy atom. The largest absolute Gasteiger partial charge is 0.444 e. The topological polar surface area (TPSA) is 62.3 Å². The van der Waals surface area contributed by atoms with Crippen LogP contribution in [-0.2, 0) is 14.3 Å². The first-order chi connectivity index (χ1) is 19.0. The molecule has 2 fully saturated rings. The number of amides is 2. The molecule has 2 aromatic rings. The molecule has 1 atom stereocenters. The van der Waals surface area contributed by atoms with Crippen molar-refractivity contribution in [2.45, 2.75) is 57.7 Å². The fraction of sp³-hybridized carbons (Fsp3) is 0.548. The maximum absolute atomic E-state index is 13.6. The Balaban J connectivity index is 1.41. The van der Waals surface area contributed by atoms with Crippen molar-refractivity contribution in [2.24, 2.45) is 5.92 Å². The number of carbonyl (C=O) groups excluding carboxylic acids is 2. The van der Waals surface area contributed by atoms with Gasteiger partial charge in [-0.15, -0.1) is 0 Å². The first-order valence-corrected chi connectivity index (χ1v) is 14.8. The summed E-state index contributed by atoms with van der Waals surface area (Å²) in [4.78, 5) is 32.2. The van der Waals surface area contributed by atoms with Gasteiger partial charge < -0.3 is 19.3 Å². The number of hydrogen-bond donors (Lipinski definition) is 0. The number of benzene rings is 2. The monoisotopic (exact) mass is 589 g/mol. The predicted molar refractivity (Wildman–Crippen MR) is 159 cm³/mol. The molecule has 9 heteroatoms. The molecule has 2 amide bonds. The minimum atomic E-state index is -0.511. The number of piperidine rings is 1. The van der Waals surface area contributed by atoms with Crippen molar-refractivity contribution in [3.05, 3.63) is 69.7 Å². The van der Waals surface area contributed by atoms with Crippen molar-refractivity contribution in [3.8, 4) is 0 Å². The zero-order valence-electron chi connectivity index (χ0n) is 23.9. The molecule has 2 aromatic carbocycles. The Labute approximate surface area is 248 Å². The van der Waals surface area contributed by atoms with Crippen LogP contribution in [0.4, 0.5) is 4.79 Å². The zero-order chi connectivity index (χ0) is 28.9.